The maximum atomic E-state index is 15.9. The Morgan fingerprint density at radius 2 is 1.85 bits per heavy atom. The summed E-state index contributed by atoms with van der Waals surface area (Å²) in [7, 11) is 1.78. The standard InChI is InChI=1S/C28H33F2N6O3S/c1-5-14-40(37,38)32-23-7-6-22(29)28(26(23)30)36-18-21(19-15-20(39-4)17-31-16-19)27-24(36)8-9-25(34(27)3)35-12-10-33(2)11-13-35/h6-9,15-18,32H,5,10-14H2,1-4H3/q+1. The van der Waals surface area contributed by atoms with E-state index >= 15 is 8.78 Å². The van der Waals surface area contributed by atoms with E-state index < -0.39 is 21.7 Å². The van der Waals surface area contributed by atoms with Crippen molar-refractivity contribution in [2.24, 2.45) is 7.05 Å². The van der Waals surface area contributed by atoms with Crippen LogP contribution >= 0.6 is 0 Å². The summed E-state index contributed by atoms with van der Waals surface area (Å²) in [5.41, 5.74) is 1.99. The number of benzene rings is 1. The highest BCUT2D eigenvalue weighted by molar-refractivity contribution is 7.92. The number of nitrogens with zero attached hydrogens (tertiary/aromatic N) is 5. The molecule has 0 unspecified atom stereocenters. The lowest BCUT2D eigenvalue weighted by Crippen LogP contribution is -2.49. The van der Waals surface area contributed by atoms with Gasteiger partial charge in [0.05, 0.1) is 50.4 Å². The maximum Gasteiger partial charge on any atom is 0.277 e. The molecule has 40 heavy (non-hydrogen) atoms. The van der Waals surface area contributed by atoms with Crippen molar-refractivity contribution in [3.05, 3.63) is 60.6 Å². The molecular weight excluding hydrogens is 538 g/mol. The molecule has 1 aliphatic heterocycles. The molecule has 1 aliphatic rings. The van der Waals surface area contributed by atoms with Gasteiger partial charge in [-0.2, -0.15) is 0 Å². The number of halogens is 2. The molecule has 12 heteroatoms. The van der Waals surface area contributed by atoms with Crippen molar-refractivity contribution in [3.8, 4) is 22.6 Å². The second-order valence-corrected chi connectivity index (χ2v) is 11.8. The Bertz CT molecular complexity index is 1670. The molecule has 0 spiro atoms. The van der Waals surface area contributed by atoms with Crippen LogP contribution in [-0.2, 0) is 17.1 Å². The maximum absolute atomic E-state index is 15.9. The Morgan fingerprint density at radius 3 is 2.55 bits per heavy atom. The van der Waals surface area contributed by atoms with Crippen LogP contribution in [0.2, 0.25) is 0 Å². The van der Waals surface area contributed by atoms with Crippen LogP contribution in [0.5, 0.6) is 5.75 Å². The number of aromatic nitrogens is 3. The Labute approximate surface area is 232 Å². The van der Waals surface area contributed by atoms with Crippen molar-refractivity contribution in [1.82, 2.24) is 14.5 Å². The smallest absolute Gasteiger partial charge is 0.277 e. The minimum absolute atomic E-state index is 0.177. The second kappa shape index (κ2) is 11.0. The van der Waals surface area contributed by atoms with Crippen LogP contribution in [0.25, 0.3) is 27.8 Å². The number of anilines is 2. The van der Waals surface area contributed by atoms with Gasteiger partial charge in [-0.3, -0.25) is 19.5 Å². The highest BCUT2D eigenvalue weighted by Crippen LogP contribution is 2.36. The molecule has 1 saturated heterocycles. The highest BCUT2D eigenvalue weighted by Gasteiger charge is 2.28. The van der Waals surface area contributed by atoms with E-state index in [2.05, 4.69) is 26.6 Å². The lowest BCUT2D eigenvalue weighted by molar-refractivity contribution is -0.631. The number of aryl methyl sites for hydroxylation is 1. The van der Waals surface area contributed by atoms with Gasteiger partial charge in [0.2, 0.25) is 10.0 Å². The number of hydrogen-bond donors (Lipinski definition) is 1. The van der Waals surface area contributed by atoms with Gasteiger partial charge in [-0.1, -0.05) is 6.92 Å². The monoisotopic (exact) mass is 571 g/mol. The fraction of sp³-hybridized carbons (Fsp3) is 0.357. The zero-order valence-electron chi connectivity index (χ0n) is 23.0. The Hall–Kier alpha value is -3.77. The summed E-state index contributed by atoms with van der Waals surface area (Å²) in [5, 5.41) is 0. The van der Waals surface area contributed by atoms with E-state index in [1.165, 1.54) is 4.57 Å². The predicted molar refractivity (Wildman–Crippen MR) is 152 cm³/mol. The average molecular weight is 572 g/mol. The van der Waals surface area contributed by atoms with E-state index in [0.717, 1.165) is 49.6 Å². The molecule has 5 rings (SSSR count). The molecule has 1 N–H and O–H groups in total. The molecule has 0 bridgehead atoms. The molecule has 1 aromatic carbocycles. The largest absolute Gasteiger partial charge is 0.495 e. The fourth-order valence-corrected chi connectivity index (χ4v) is 6.29. The number of likely N-dealkylation sites (N-methyl/N-ethyl adjacent to an activating group) is 1. The number of ether oxygens (including phenoxy) is 1. The van der Waals surface area contributed by atoms with E-state index in [1.54, 1.807) is 32.6 Å². The van der Waals surface area contributed by atoms with Crippen LogP contribution in [0.1, 0.15) is 13.3 Å². The van der Waals surface area contributed by atoms with Gasteiger partial charge >= 0.3 is 0 Å². The van der Waals surface area contributed by atoms with Crippen LogP contribution in [0, 0.1) is 11.6 Å². The molecule has 0 saturated carbocycles. The van der Waals surface area contributed by atoms with Gasteiger partial charge in [0.15, 0.2) is 11.3 Å². The van der Waals surface area contributed by atoms with Crippen LogP contribution in [0.3, 0.4) is 0 Å². The number of hydrogen-bond acceptors (Lipinski definition) is 6. The summed E-state index contributed by atoms with van der Waals surface area (Å²) in [5.74, 6) is -0.492. The fourth-order valence-electron chi connectivity index (χ4n) is 5.16. The van der Waals surface area contributed by atoms with Gasteiger partial charge in [-0.15, -0.1) is 0 Å². The lowest BCUT2D eigenvalue weighted by Gasteiger charge is -2.29. The van der Waals surface area contributed by atoms with Crippen molar-refractivity contribution in [3.63, 3.8) is 0 Å². The number of pyridine rings is 2. The number of methoxy groups -OCH3 is 1. The van der Waals surface area contributed by atoms with Crippen LogP contribution < -0.4 is 18.9 Å². The number of piperazine rings is 1. The lowest BCUT2D eigenvalue weighted by atomic mass is 10.1. The zero-order chi connectivity index (χ0) is 28.6. The van der Waals surface area contributed by atoms with E-state index in [-0.39, 0.29) is 17.1 Å². The van der Waals surface area contributed by atoms with E-state index in [0.29, 0.717) is 28.8 Å². The Morgan fingerprint density at radius 1 is 1.10 bits per heavy atom. The average Bonchev–Trinajstić information content (AvgIpc) is 3.31. The predicted octanol–water partition coefficient (Wildman–Crippen LogP) is 3.71. The summed E-state index contributed by atoms with van der Waals surface area (Å²) in [6.45, 7) is 5.24. The summed E-state index contributed by atoms with van der Waals surface area (Å²) < 4.78 is 67.2. The molecule has 0 amide bonds. The van der Waals surface area contributed by atoms with Crippen LogP contribution in [-0.4, -0.2) is 69.0 Å². The quantitative estimate of drug-likeness (QED) is 0.325. The molecular formula is C28H33F2N6O3S+. The van der Waals surface area contributed by atoms with E-state index in [4.69, 9.17) is 4.74 Å². The zero-order valence-corrected chi connectivity index (χ0v) is 23.8. The van der Waals surface area contributed by atoms with Gasteiger partial charge in [0.1, 0.15) is 17.3 Å². The first-order valence-corrected chi connectivity index (χ1v) is 14.7. The van der Waals surface area contributed by atoms with Crippen molar-refractivity contribution in [2.75, 3.05) is 55.7 Å². The minimum Gasteiger partial charge on any atom is -0.495 e. The Balaban J connectivity index is 1.74. The minimum atomic E-state index is -3.79. The SMILES string of the molecule is CCCS(=O)(=O)Nc1ccc(F)c(-n2cc(-c3cncc(OC)c3)c3c2ccc(N2CCN(C)CC2)[n+]3C)c1F. The van der Waals surface area contributed by atoms with E-state index in [9.17, 15) is 8.42 Å². The van der Waals surface area contributed by atoms with Gasteiger partial charge < -0.3 is 9.30 Å². The van der Waals surface area contributed by atoms with Crippen LogP contribution in [0.15, 0.2) is 48.9 Å². The van der Waals surface area contributed by atoms with Gasteiger partial charge in [-0.05, 0) is 37.7 Å². The number of fused-ring (bicyclic) bond motifs is 1. The summed E-state index contributed by atoms with van der Waals surface area (Å²) in [6.07, 6.45) is 5.27. The summed E-state index contributed by atoms with van der Waals surface area (Å²) in [6, 6.07) is 7.77. The van der Waals surface area contributed by atoms with Crippen molar-refractivity contribution < 1.29 is 26.5 Å². The third-order valence-electron chi connectivity index (χ3n) is 7.22. The van der Waals surface area contributed by atoms with Gasteiger partial charge in [-0.25, -0.2) is 21.8 Å². The molecule has 0 atom stereocenters. The molecule has 212 valence electrons. The molecule has 1 fully saturated rings. The molecule has 4 heterocycles. The molecule has 3 aromatic heterocycles. The first kappa shape index (κ1) is 27.8. The first-order valence-electron chi connectivity index (χ1n) is 13.1. The van der Waals surface area contributed by atoms with Gasteiger partial charge in [0.25, 0.3) is 5.82 Å². The first-order chi connectivity index (χ1) is 19.1. The van der Waals surface area contributed by atoms with E-state index in [1.807, 2.05) is 29.8 Å². The third-order valence-corrected chi connectivity index (χ3v) is 8.69. The molecule has 4 aromatic rings. The number of nitrogens with one attached hydrogen (secondary N) is 1. The molecule has 0 aliphatic carbocycles. The molecule has 9 nitrogen and oxygen atoms in total. The number of sulfonamides is 1. The highest BCUT2D eigenvalue weighted by atomic mass is 32.2. The summed E-state index contributed by atoms with van der Waals surface area (Å²) in [4.78, 5) is 8.85. The summed E-state index contributed by atoms with van der Waals surface area (Å²) >= 11 is 0. The van der Waals surface area contributed by atoms with Crippen molar-refractivity contribution in [2.45, 2.75) is 13.3 Å². The Kier molecular flexibility index (Phi) is 7.65. The number of rotatable bonds is 8. The third kappa shape index (κ3) is 5.20. The van der Waals surface area contributed by atoms with Crippen molar-refractivity contribution in [1.29, 1.82) is 0 Å². The van der Waals surface area contributed by atoms with Gasteiger partial charge in [0, 0.05) is 42.7 Å². The normalized spacial score (nSPS) is 14.6. The topological polar surface area (TPSA) is 83.6 Å². The molecule has 0 radical (unpaired) electrons. The van der Waals surface area contributed by atoms with Crippen LogP contribution in [0.4, 0.5) is 20.3 Å². The van der Waals surface area contributed by atoms with Crippen molar-refractivity contribution >= 4 is 32.6 Å². The second-order valence-electron chi connectivity index (χ2n) is 9.98.